The predicted octanol–water partition coefficient (Wildman–Crippen LogP) is 3.68. The van der Waals surface area contributed by atoms with Gasteiger partial charge in [-0.3, -0.25) is 4.90 Å². The van der Waals surface area contributed by atoms with Crippen LogP contribution in [-0.4, -0.2) is 50.4 Å². The number of aromatic nitrogens is 4. The number of pyridine rings is 1. The number of anilines is 1. The molecule has 0 aliphatic carbocycles. The average Bonchev–Trinajstić information content (AvgIpc) is 3.20. The normalized spacial score (nSPS) is 14.8. The lowest BCUT2D eigenvalue weighted by atomic mass is 10.2. The van der Waals surface area contributed by atoms with Crippen molar-refractivity contribution in [2.75, 3.05) is 31.1 Å². The molecule has 7 nitrogen and oxygen atoms in total. The Morgan fingerprint density at radius 1 is 0.903 bits per heavy atom. The zero-order chi connectivity index (χ0) is 21.0. The Balaban J connectivity index is 1.17. The number of nitrogens with zero attached hydrogens (tertiary/aromatic N) is 6. The van der Waals surface area contributed by atoms with E-state index in [1.54, 1.807) is 12.3 Å². The minimum Gasteiger partial charge on any atom is -0.473 e. The lowest BCUT2D eigenvalue weighted by molar-refractivity contribution is 0.245. The fourth-order valence-electron chi connectivity index (χ4n) is 3.73. The molecule has 0 bridgehead atoms. The van der Waals surface area contributed by atoms with Crippen molar-refractivity contribution in [1.82, 2.24) is 24.3 Å². The molecule has 0 N–H and O–H groups in total. The molecule has 5 rings (SSSR count). The SMILES string of the molecule is Clc1ccc2nc(CN3CCN(c4nccc(OCc5ccccc5)n4)CC3)cn2c1. The quantitative estimate of drug-likeness (QED) is 0.461. The van der Waals surface area contributed by atoms with E-state index in [0.29, 0.717) is 23.5 Å². The van der Waals surface area contributed by atoms with Gasteiger partial charge in [-0.15, -0.1) is 0 Å². The van der Waals surface area contributed by atoms with Gasteiger partial charge in [0, 0.05) is 57.4 Å². The number of ether oxygens (including phenoxy) is 1. The molecule has 158 valence electrons. The molecule has 1 saturated heterocycles. The standard InChI is InChI=1S/C23H23ClN6O/c24-19-6-7-21-26-20(16-30(21)14-19)15-28-10-12-29(13-11-28)23-25-9-8-22(27-23)31-17-18-4-2-1-3-5-18/h1-9,14,16H,10-13,15,17H2. The molecule has 0 unspecified atom stereocenters. The molecule has 4 heterocycles. The first-order valence-electron chi connectivity index (χ1n) is 10.3. The van der Waals surface area contributed by atoms with Gasteiger partial charge in [-0.25, -0.2) is 9.97 Å². The van der Waals surface area contributed by atoms with Crippen LogP contribution in [-0.2, 0) is 13.2 Å². The Morgan fingerprint density at radius 2 is 1.74 bits per heavy atom. The molecule has 4 aromatic rings. The lowest BCUT2D eigenvalue weighted by Crippen LogP contribution is -2.46. The van der Waals surface area contributed by atoms with E-state index in [9.17, 15) is 0 Å². The summed E-state index contributed by atoms with van der Waals surface area (Å²) in [6.45, 7) is 4.88. The number of rotatable bonds is 6. The molecule has 1 fully saturated rings. The van der Waals surface area contributed by atoms with Crippen LogP contribution in [0.5, 0.6) is 5.88 Å². The Morgan fingerprint density at radius 3 is 2.58 bits per heavy atom. The first-order valence-corrected chi connectivity index (χ1v) is 10.7. The molecule has 0 amide bonds. The fraction of sp³-hybridized carbons (Fsp3) is 0.261. The minimum atomic E-state index is 0.495. The van der Waals surface area contributed by atoms with Crippen molar-refractivity contribution < 1.29 is 4.74 Å². The first-order chi connectivity index (χ1) is 15.2. The zero-order valence-corrected chi connectivity index (χ0v) is 17.8. The molecule has 8 heteroatoms. The van der Waals surface area contributed by atoms with E-state index >= 15 is 0 Å². The Hall–Kier alpha value is -3.16. The van der Waals surface area contributed by atoms with Gasteiger partial charge in [-0.1, -0.05) is 41.9 Å². The molecule has 0 atom stereocenters. The summed E-state index contributed by atoms with van der Waals surface area (Å²) in [6, 6.07) is 15.7. The highest BCUT2D eigenvalue weighted by Crippen LogP contribution is 2.18. The summed E-state index contributed by atoms with van der Waals surface area (Å²) in [7, 11) is 0. The maximum absolute atomic E-state index is 6.07. The van der Waals surface area contributed by atoms with E-state index in [1.165, 1.54) is 0 Å². The molecule has 1 aliphatic rings. The summed E-state index contributed by atoms with van der Waals surface area (Å²) in [6.07, 6.45) is 5.69. The van der Waals surface area contributed by atoms with Crippen LogP contribution < -0.4 is 9.64 Å². The third-order valence-corrected chi connectivity index (χ3v) is 5.58. The van der Waals surface area contributed by atoms with Crippen molar-refractivity contribution in [3.63, 3.8) is 0 Å². The third kappa shape index (κ3) is 4.78. The third-order valence-electron chi connectivity index (χ3n) is 5.35. The molecule has 0 radical (unpaired) electrons. The molecule has 1 aliphatic heterocycles. The van der Waals surface area contributed by atoms with Gasteiger partial charge in [-0.05, 0) is 17.7 Å². The number of imidazole rings is 1. The second kappa shape index (κ2) is 8.91. The lowest BCUT2D eigenvalue weighted by Gasteiger charge is -2.34. The van der Waals surface area contributed by atoms with E-state index in [4.69, 9.17) is 16.3 Å². The summed E-state index contributed by atoms with van der Waals surface area (Å²) in [4.78, 5) is 18.3. The Kier molecular flexibility index (Phi) is 5.69. The highest BCUT2D eigenvalue weighted by atomic mass is 35.5. The first kappa shape index (κ1) is 19.8. The predicted molar refractivity (Wildman–Crippen MR) is 120 cm³/mol. The number of halogens is 1. The van der Waals surface area contributed by atoms with Gasteiger partial charge < -0.3 is 14.0 Å². The summed E-state index contributed by atoms with van der Waals surface area (Å²) >= 11 is 6.07. The summed E-state index contributed by atoms with van der Waals surface area (Å²) < 4.78 is 7.83. The smallest absolute Gasteiger partial charge is 0.228 e. The van der Waals surface area contributed by atoms with Gasteiger partial charge in [0.1, 0.15) is 12.3 Å². The average molecular weight is 435 g/mol. The second-order valence-electron chi connectivity index (χ2n) is 7.58. The van der Waals surface area contributed by atoms with Crippen molar-refractivity contribution >= 4 is 23.2 Å². The zero-order valence-electron chi connectivity index (χ0n) is 17.1. The van der Waals surface area contributed by atoms with Gasteiger partial charge in [0.25, 0.3) is 0 Å². The number of fused-ring (bicyclic) bond motifs is 1. The van der Waals surface area contributed by atoms with Crippen molar-refractivity contribution in [3.8, 4) is 5.88 Å². The number of piperazine rings is 1. The van der Waals surface area contributed by atoms with E-state index in [-0.39, 0.29) is 0 Å². The van der Waals surface area contributed by atoms with Gasteiger partial charge in [-0.2, -0.15) is 4.98 Å². The van der Waals surface area contributed by atoms with E-state index in [1.807, 2.05) is 59.3 Å². The number of hydrogen-bond acceptors (Lipinski definition) is 6. The maximum atomic E-state index is 6.07. The van der Waals surface area contributed by atoms with Crippen molar-refractivity contribution in [2.45, 2.75) is 13.2 Å². The van der Waals surface area contributed by atoms with Gasteiger partial charge in [0.05, 0.1) is 10.7 Å². The summed E-state index contributed by atoms with van der Waals surface area (Å²) in [5.41, 5.74) is 3.08. The van der Waals surface area contributed by atoms with E-state index in [2.05, 4.69) is 24.8 Å². The van der Waals surface area contributed by atoms with Crippen LogP contribution in [0.15, 0.2) is 67.1 Å². The number of benzene rings is 1. The van der Waals surface area contributed by atoms with Gasteiger partial charge in [0.15, 0.2) is 0 Å². The van der Waals surface area contributed by atoms with Crippen LogP contribution in [0.1, 0.15) is 11.3 Å². The minimum absolute atomic E-state index is 0.495. The van der Waals surface area contributed by atoms with Gasteiger partial charge in [0.2, 0.25) is 11.8 Å². The molecule has 1 aromatic carbocycles. The largest absolute Gasteiger partial charge is 0.473 e. The molecule has 0 saturated carbocycles. The molecule has 0 spiro atoms. The molecule has 31 heavy (non-hydrogen) atoms. The van der Waals surface area contributed by atoms with Crippen molar-refractivity contribution in [2.24, 2.45) is 0 Å². The highest BCUT2D eigenvalue weighted by molar-refractivity contribution is 6.30. The van der Waals surface area contributed by atoms with Crippen molar-refractivity contribution in [3.05, 3.63) is 83.4 Å². The second-order valence-corrected chi connectivity index (χ2v) is 8.01. The highest BCUT2D eigenvalue weighted by Gasteiger charge is 2.20. The van der Waals surface area contributed by atoms with Crippen LogP contribution in [0.2, 0.25) is 5.02 Å². The molecule has 3 aromatic heterocycles. The van der Waals surface area contributed by atoms with Crippen molar-refractivity contribution in [1.29, 1.82) is 0 Å². The van der Waals surface area contributed by atoms with E-state index < -0.39 is 0 Å². The van der Waals surface area contributed by atoms with Crippen LogP contribution in [0.3, 0.4) is 0 Å². The summed E-state index contributed by atoms with van der Waals surface area (Å²) in [5, 5.41) is 0.708. The Bertz CT molecular complexity index is 1160. The van der Waals surface area contributed by atoms with Crippen LogP contribution in [0, 0.1) is 0 Å². The van der Waals surface area contributed by atoms with Gasteiger partial charge >= 0.3 is 0 Å². The monoisotopic (exact) mass is 434 g/mol. The molecular formula is C23H23ClN6O. The topological polar surface area (TPSA) is 58.8 Å². The summed E-state index contributed by atoms with van der Waals surface area (Å²) in [5.74, 6) is 1.31. The van der Waals surface area contributed by atoms with Crippen LogP contribution >= 0.6 is 11.6 Å². The maximum Gasteiger partial charge on any atom is 0.228 e. The van der Waals surface area contributed by atoms with Crippen LogP contribution in [0.4, 0.5) is 5.95 Å². The van der Waals surface area contributed by atoms with E-state index in [0.717, 1.165) is 49.6 Å². The molecular weight excluding hydrogens is 412 g/mol. The number of hydrogen-bond donors (Lipinski definition) is 0. The Labute approximate surface area is 185 Å². The van der Waals surface area contributed by atoms with Crippen LogP contribution in [0.25, 0.3) is 5.65 Å². The fourth-order valence-corrected chi connectivity index (χ4v) is 3.89.